The highest BCUT2D eigenvalue weighted by molar-refractivity contribution is 6.23. The zero-order valence-corrected chi connectivity index (χ0v) is 14.5. The first-order valence-electron chi connectivity index (χ1n) is 8.84. The highest BCUT2D eigenvalue weighted by Gasteiger charge is 2.45. The zero-order chi connectivity index (χ0) is 17.2. The van der Waals surface area contributed by atoms with Gasteiger partial charge < -0.3 is 9.94 Å². The van der Waals surface area contributed by atoms with Crippen LogP contribution in [0.5, 0.6) is 0 Å². The highest BCUT2D eigenvalue weighted by Crippen LogP contribution is 2.48. The number of aryl methyl sites for hydroxylation is 1. The molecule has 0 bridgehead atoms. The Morgan fingerprint density at radius 3 is 2.79 bits per heavy atom. The Bertz CT molecular complexity index is 705. The third kappa shape index (κ3) is 2.85. The Labute approximate surface area is 143 Å². The third-order valence-corrected chi connectivity index (χ3v) is 5.11. The third-order valence-electron chi connectivity index (χ3n) is 5.11. The lowest BCUT2D eigenvalue weighted by atomic mass is 9.69. The largest absolute Gasteiger partial charge is 0.511 e. The normalized spacial score (nSPS) is 23.8. The van der Waals surface area contributed by atoms with Gasteiger partial charge in [-0.05, 0) is 37.3 Å². The van der Waals surface area contributed by atoms with E-state index in [1.165, 1.54) is 11.1 Å². The van der Waals surface area contributed by atoms with Crippen LogP contribution in [0, 0.1) is 0 Å². The monoisotopic (exact) mass is 327 g/mol. The molecule has 1 N–H and O–H groups in total. The molecule has 1 spiro atoms. The number of benzene rings is 1. The number of carbonyl (C=O) groups excluding carboxylic acids is 1. The van der Waals surface area contributed by atoms with Gasteiger partial charge in [-0.15, -0.1) is 0 Å². The molecule has 1 aromatic rings. The van der Waals surface area contributed by atoms with E-state index in [1.54, 1.807) is 0 Å². The van der Waals surface area contributed by atoms with E-state index in [2.05, 4.69) is 17.3 Å². The lowest BCUT2D eigenvalue weighted by Crippen LogP contribution is -2.35. The van der Waals surface area contributed by atoms with Crippen molar-refractivity contribution in [2.24, 2.45) is 5.16 Å². The van der Waals surface area contributed by atoms with E-state index in [1.807, 2.05) is 26.0 Å². The van der Waals surface area contributed by atoms with Crippen molar-refractivity contribution in [1.82, 2.24) is 0 Å². The molecule has 0 saturated carbocycles. The molecule has 0 saturated heterocycles. The van der Waals surface area contributed by atoms with Gasteiger partial charge in [-0.2, -0.15) is 0 Å². The molecule has 0 aliphatic heterocycles. The number of oxime groups is 1. The minimum absolute atomic E-state index is 0.0117. The van der Waals surface area contributed by atoms with Crippen LogP contribution in [0.3, 0.4) is 0 Å². The van der Waals surface area contributed by atoms with Gasteiger partial charge in [0.1, 0.15) is 12.4 Å². The summed E-state index contributed by atoms with van der Waals surface area (Å²) in [6.45, 7) is 4.34. The molecule has 0 fully saturated rings. The van der Waals surface area contributed by atoms with E-state index < -0.39 is 0 Å². The molecule has 0 aromatic heterocycles. The van der Waals surface area contributed by atoms with Crippen LogP contribution in [-0.2, 0) is 21.5 Å². The van der Waals surface area contributed by atoms with E-state index in [-0.39, 0.29) is 17.0 Å². The number of nitrogens with zero attached hydrogens (tertiary/aromatic N) is 1. The molecule has 4 nitrogen and oxygen atoms in total. The van der Waals surface area contributed by atoms with Gasteiger partial charge in [-0.1, -0.05) is 42.8 Å². The number of hydrogen-bond donors (Lipinski definition) is 1. The van der Waals surface area contributed by atoms with Gasteiger partial charge >= 0.3 is 0 Å². The molecule has 0 radical (unpaired) electrons. The van der Waals surface area contributed by atoms with Crippen LogP contribution in [0.1, 0.15) is 57.1 Å². The van der Waals surface area contributed by atoms with Crippen LogP contribution in [-0.4, -0.2) is 23.2 Å². The maximum atomic E-state index is 12.9. The van der Waals surface area contributed by atoms with Crippen LogP contribution in [0.25, 0.3) is 0 Å². The SMILES string of the molecule is CCCC(=NOCC)C1=C(O)CC2(CCc3ccccc32)CC1=O. The molecule has 0 amide bonds. The van der Waals surface area contributed by atoms with Crippen LogP contribution >= 0.6 is 0 Å². The molecule has 1 aromatic carbocycles. The number of ketones is 1. The first-order valence-corrected chi connectivity index (χ1v) is 8.84. The van der Waals surface area contributed by atoms with Crippen molar-refractivity contribution in [2.45, 2.75) is 57.8 Å². The van der Waals surface area contributed by atoms with Crippen molar-refractivity contribution in [3.8, 4) is 0 Å². The van der Waals surface area contributed by atoms with E-state index in [9.17, 15) is 9.90 Å². The van der Waals surface area contributed by atoms with Crippen molar-refractivity contribution >= 4 is 11.5 Å². The second-order valence-electron chi connectivity index (χ2n) is 6.74. The van der Waals surface area contributed by atoms with Crippen LogP contribution < -0.4 is 0 Å². The minimum Gasteiger partial charge on any atom is -0.511 e. The van der Waals surface area contributed by atoms with Gasteiger partial charge in [0.25, 0.3) is 0 Å². The number of allylic oxidation sites excluding steroid dienone is 2. The number of carbonyl (C=O) groups is 1. The second-order valence-corrected chi connectivity index (χ2v) is 6.74. The molecule has 1 atom stereocenters. The number of aliphatic hydroxyl groups is 1. The summed E-state index contributed by atoms with van der Waals surface area (Å²) < 4.78 is 0. The molecule has 3 rings (SSSR count). The van der Waals surface area contributed by atoms with Crippen LogP contribution in [0.2, 0.25) is 0 Å². The Kier molecular flexibility index (Phi) is 4.74. The standard InChI is InChI=1S/C20H25NO3/c1-3-7-16(21-24-4-2)19-17(22)12-20(13-18(19)23)11-10-14-8-5-6-9-15(14)20/h5-6,8-9,22H,3-4,7,10-13H2,1-2H3. The number of rotatable bonds is 5. The maximum absolute atomic E-state index is 12.9. The fraction of sp³-hybridized carbons (Fsp3) is 0.500. The summed E-state index contributed by atoms with van der Waals surface area (Å²) in [5.74, 6) is 0.164. The number of fused-ring (bicyclic) bond motifs is 2. The first-order chi connectivity index (χ1) is 11.6. The summed E-state index contributed by atoms with van der Waals surface area (Å²) in [6.07, 6.45) is 4.33. The molecule has 24 heavy (non-hydrogen) atoms. The van der Waals surface area contributed by atoms with E-state index >= 15 is 0 Å². The maximum Gasteiger partial charge on any atom is 0.169 e. The summed E-state index contributed by atoms with van der Waals surface area (Å²) in [5.41, 5.74) is 3.26. The Morgan fingerprint density at radius 1 is 1.29 bits per heavy atom. The smallest absolute Gasteiger partial charge is 0.169 e. The van der Waals surface area contributed by atoms with Crippen LogP contribution in [0.4, 0.5) is 0 Å². The highest BCUT2D eigenvalue weighted by atomic mass is 16.6. The Balaban J connectivity index is 1.97. The summed E-state index contributed by atoms with van der Waals surface area (Å²) in [7, 11) is 0. The molecule has 128 valence electrons. The molecule has 1 unspecified atom stereocenters. The van der Waals surface area contributed by atoms with E-state index in [0.717, 1.165) is 19.3 Å². The summed E-state index contributed by atoms with van der Waals surface area (Å²) in [4.78, 5) is 18.1. The van der Waals surface area contributed by atoms with Crippen LogP contribution in [0.15, 0.2) is 40.8 Å². The minimum atomic E-state index is -0.246. The van der Waals surface area contributed by atoms with Crippen molar-refractivity contribution in [2.75, 3.05) is 6.61 Å². The predicted molar refractivity (Wildman–Crippen MR) is 94.3 cm³/mol. The summed E-state index contributed by atoms with van der Waals surface area (Å²) >= 11 is 0. The fourth-order valence-corrected chi connectivity index (χ4v) is 4.08. The Hall–Kier alpha value is -2.10. The number of aliphatic hydroxyl groups excluding tert-OH is 1. The summed E-state index contributed by atoms with van der Waals surface area (Å²) in [6, 6.07) is 8.29. The molecule has 2 aliphatic carbocycles. The number of hydrogen-bond acceptors (Lipinski definition) is 4. The van der Waals surface area contributed by atoms with Gasteiger partial charge in [-0.3, -0.25) is 4.79 Å². The van der Waals surface area contributed by atoms with Gasteiger partial charge in [0.05, 0.1) is 11.3 Å². The van der Waals surface area contributed by atoms with Crippen molar-refractivity contribution in [3.05, 3.63) is 46.7 Å². The second kappa shape index (κ2) is 6.80. The zero-order valence-electron chi connectivity index (χ0n) is 14.5. The quantitative estimate of drug-likeness (QED) is 0.650. The van der Waals surface area contributed by atoms with Gasteiger partial charge in [-0.25, -0.2) is 0 Å². The topological polar surface area (TPSA) is 58.9 Å². The lowest BCUT2D eigenvalue weighted by Gasteiger charge is -2.34. The van der Waals surface area contributed by atoms with Crippen molar-refractivity contribution < 1.29 is 14.7 Å². The van der Waals surface area contributed by atoms with E-state index in [4.69, 9.17) is 4.84 Å². The molecule has 0 heterocycles. The van der Waals surface area contributed by atoms with E-state index in [0.29, 0.717) is 37.2 Å². The molecule has 2 aliphatic rings. The molecular weight excluding hydrogens is 302 g/mol. The van der Waals surface area contributed by atoms with Crippen molar-refractivity contribution in [3.63, 3.8) is 0 Å². The molecule has 4 heteroatoms. The first kappa shape index (κ1) is 16.7. The Morgan fingerprint density at radius 2 is 2.08 bits per heavy atom. The average Bonchev–Trinajstić information content (AvgIpc) is 2.90. The fourth-order valence-electron chi connectivity index (χ4n) is 4.08. The van der Waals surface area contributed by atoms with Crippen molar-refractivity contribution in [1.29, 1.82) is 0 Å². The van der Waals surface area contributed by atoms with Gasteiger partial charge in [0, 0.05) is 18.3 Å². The predicted octanol–water partition coefficient (Wildman–Crippen LogP) is 4.24. The lowest BCUT2D eigenvalue weighted by molar-refractivity contribution is -0.117. The van der Waals surface area contributed by atoms with Gasteiger partial charge in [0.2, 0.25) is 0 Å². The molecular formula is C20H25NO3. The number of Topliss-reactive ketones (excluding diaryl/α,β-unsaturated/α-hetero) is 1. The average molecular weight is 327 g/mol. The van der Waals surface area contributed by atoms with Gasteiger partial charge in [0.15, 0.2) is 5.78 Å². The summed E-state index contributed by atoms with van der Waals surface area (Å²) in [5, 5.41) is 14.8.